The van der Waals surface area contributed by atoms with E-state index >= 15 is 0 Å². The number of urea groups is 1. The third-order valence-corrected chi connectivity index (χ3v) is 4.94. The summed E-state index contributed by atoms with van der Waals surface area (Å²) in [5.74, 6) is -0.571. The van der Waals surface area contributed by atoms with E-state index in [0.717, 1.165) is 27.9 Å². The van der Waals surface area contributed by atoms with Crippen LogP contribution in [-0.2, 0) is 9.59 Å². The Kier molecular flexibility index (Phi) is 8.24. The van der Waals surface area contributed by atoms with E-state index in [1.165, 1.54) is 0 Å². The number of carbonyl (C=O) groups excluding carboxylic acids is 3. The molecule has 0 aliphatic rings. The third-order valence-electron chi connectivity index (χ3n) is 4.53. The quantitative estimate of drug-likeness (QED) is 0.537. The van der Waals surface area contributed by atoms with E-state index in [1.807, 2.05) is 39.8 Å². The highest BCUT2D eigenvalue weighted by Gasteiger charge is 2.11. The third kappa shape index (κ3) is 6.77. The lowest BCUT2D eigenvalue weighted by Gasteiger charge is -2.13. The maximum absolute atomic E-state index is 12.1. The van der Waals surface area contributed by atoms with Gasteiger partial charge in [0.25, 0.3) is 0 Å². The van der Waals surface area contributed by atoms with Gasteiger partial charge in [0, 0.05) is 29.4 Å². The van der Waals surface area contributed by atoms with Crippen molar-refractivity contribution < 1.29 is 14.4 Å². The van der Waals surface area contributed by atoms with Gasteiger partial charge in [-0.05, 0) is 56.5 Å². The average molecular weight is 431 g/mol. The molecule has 8 heteroatoms. The molecule has 30 heavy (non-hydrogen) atoms. The number of rotatable bonds is 7. The summed E-state index contributed by atoms with van der Waals surface area (Å²) in [7, 11) is 0. The summed E-state index contributed by atoms with van der Waals surface area (Å²) in [4.78, 5) is 36.0. The van der Waals surface area contributed by atoms with Crippen LogP contribution in [0.25, 0.3) is 0 Å². The molecule has 0 aromatic heterocycles. The number of halogens is 1. The second kappa shape index (κ2) is 10.6. The number of hydrogen-bond donors (Lipinski definition) is 4. The highest BCUT2D eigenvalue weighted by molar-refractivity contribution is 6.31. The first kappa shape index (κ1) is 23.2. The molecule has 2 aromatic carbocycles. The topological polar surface area (TPSA) is 99.3 Å². The van der Waals surface area contributed by atoms with Gasteiger partial charge in [0.1, 0.15) is 0 Å². The molecule has 2 aromatic rings. The maximum Gasteiger partial charge on any atom is 0.315 e. The molecule has 0 aliphatic carbocycles. The van der Waals surface area contributed by atoms with Gasteiger partial charge in [-0.25, -0.2) is 4.79 Å². The van der Waals surface area contributed by atoms with Crippen LogP contribution in [0.5, 0.6) is 0 Å². The lowest BCUT2D eigenvalue weighted by molar-refractivity contribution is -0.116. The highest BCUT2D eigenvalue weighted by Crippen LogP contribution is 2.23. The van der Waals surface area contributed by atoms with Crippen LogP contribution in [0.15, 0.2) is 30.3 Å². The molecule has 0 saturated heterocycles. The molecule has 0 saturated carbocycles. The standard InChI is InChI=1S/C22H27ClN4O3/c1-13-10-14(2)21(15(3)11-13)27-20(29)12-25-22(30)24-9-8-19(28)26-18-7-5-6-17(23)16(18)4/h5-7,10-11H,8-9,12H2,1-4H3,(H,26,28)(H,27,29)(H2,24,25,30). The number of amides is 4. The van der Waals surface area contributed by atoms with Crippen LogP contribution in [0.1, 0.15) is 28.7 Å². The number of benzene rings is 2. The average Bonchev–Trinajstić information content (AvgIpc) is 2.66. The van der Waals surface area contributed by atoms with Crippen LogP contribution >= 0.6 is 11.6 Å². The summed E-state index contributed by atoms with van der Waals surface area (Å²) >= 11 is 6.03. The van der Waals surface area contributed by atoms with Gasteiger partial charge in [-0.2, -0.15) is 0 Å². The van der Waals surface area contributed by atoms with Crippen molar-refractivity contribution >= 4 is 40.8 Å². The Morgan fingerprint density at radius 3 is 2.23 bits per heavy atom. The summed E-state index contributed by atoms with van der Waals surface area (Å²) in [5.41, 5.74) is 5.21. The summed E-state index contributed by atoms with van der Waals surface area (Å²) < 4.78 is 0. The van der Waals surface area contributed by atoms with E-state index in [2.05, 4.69) is 21.3 Å². The van der Waals surface area contributed by atoms with Gasteiger partial charge < -0.3 is 21.3 Å². The Hall–Kier alpha value is -3.06. The first-order valence-corrected chi connectivity index (χ1v) is 9.99. The second-order valence-electron chi connectivity index (χ2n) is 7.14. The Morgan fingerprint density at radius 1 is 0.900 bits per heavy atom. The van der Waals surface area contributed by atoms with Gasteiger partial charge in [0.15, 0.2) is 0 Å². The van der Waals surface area contributed by atoms with Crippen molar-refractivity contribution in [3.8, 4) is 0 Å². The van der Waals surface area contributed by atoms with E-state index in [-0.39, 0.29) is 31.3 Å². The molecule has 7 nitrogen and oxygen atoms in total. The Morgan fingerprint density at radius 2 is 1.57 bits per heavy atom. The van der Waals surface area contributed by atoms with E-state index in [4.69, 9.17) is 11.6 Å². The monoisotopic (exact) mass is 430 g/mol. The van der Waals surface area contributed by atoms with Gasteiger partial charge in [-0.1, -0.05) is 35.4 Å². The van der Waals surface area contributed by atoms with Crippen molar-refractivity contribution in [1.29, 1.82) is 0 Å². The normalized spacial score (nSPS) is 10.3. The zero-order valence-electron chi connectivity index (χ0n) is 17.6. The van der Waals surface area contributed by atoms with Crippen LogP contribution in [0.4, 0.5) is 16.2 Å². The zero-order chi connectivity index (χ0) is 22.3. The smallest absolute Gasteiger partial charge is 0.315 e. The van der Waals surface area contributed by atoms with Crippen molar-refractivity contribution in [2.24, 2.45) is 0 Å². The summed E-state index contributed by atoms with van der Waals surface area (Å²) in [6.45, 7) is 7.61. The molecule has 0 atom stereocenters. The largest absolute Gasteiger partial charge is 0.338 e. The molecule has 4 amide bonds. The lowest BCUT2D eigenvalue weighted by atomic mass is 10.1. The molecule has 0 spiro atoms. The zero-order valence-corrected chi connectivity index (χ0v) is 18.4. The van der Waals surface area contributed by atoms with Crippen LogP contribution < -0.4 is 21.3 Å². The minimum absolute atomic E-state index is 0.0906. The van der Waals surface area contributed by atoms with Crippen LogP contribution in [0.3, 0.4) is 0 Å². The fourth-order valence-corrected chi connectivity index (χ4v) is 3.20. The van der Waals surface area contributed by atoms with Crippen LogP contribution in [-0.4, -0.2) is 30.9 Å². The number of hydrogen-bond acceptors (Lipinski definition) is 3. The lowest BCUT2D eigenvalue weighted by Crippen LogP contribution is -2.41. The Balaban J connectivity index is 1.71. The summed E-state index contributed by atoms with van der Waals surface area (Å²) in [5, 5.41) is 11.2. The minimum atomic E-state index is -0.519. The highest BCUT2D eigenvalue weighted by atomic mass is 35.5. The van der Waals surface area contributed by atoms with Crippen molar-refractivity contribution in [2.75, 3.05) is 23.7 Å². The SMILES string of the molecule is Cc1cc(C)c(NC(=O)CNC(=O)NCCC(=O)Nc2cccc(Cl)c2C)c(C)c1. The summed E-state index contributed by atoms with van der Waals surface area (Å²) in [6.07, 6.45) is 0.0906. The van der Waals surface area contributed by atoms with Crippen molar-refractivity contribution in [2.45, 2.75) is 34.1 Å². The first-order chi connectivity index (χ1) is 14.2. The minimum Gasteiger partial charge on any atom is -0.338 e. The maximum atomic E-state index is 12.1. The second-order valence-corrected chi connectivity index (χ2v) is 7.55. The van der Waals surface area contributed by atoms with E-state index in [1.54, 1.807) is 18.2 Å². The fraction of sp³-hybridized carbons (Fsp3) is 0.318. The molecule has 0 heterocycles. The Labute approximate surface area is 181 Å². The molecule has 0 aliphatic heterocycles. The number of aryl methyl sites for hydroxylation is 3. The van der Waals surface area contributed by atoms with Crippen molar-refractivity contribution in [3.05, 3.63) is 57.6 Å². The van der Waals surface area contributed by atoms with Crippen molar-refractivity contribution in [1.82, 2.24) is 10.6 Å². The first-order valence-electron chi connectivity index (χ1n) is 9.61. The predicted molar refractivity (Wildman–Crippen MR) is 120 cm³/mol. The van der Waals surface area contributed by atoms with Crippen molar-refractivity contribution in [3.63, 3.8) is 0 Å². The molecule has 0 radical (unpaired) electrons. The van der Waals surface area contributed by atoms with E-state index < -0.39 is 6.03 Å². The van der Waals surface area contributed by atoms with Gasteiger partial charge in [0.2, 0.25) is 11.8 Å². The van der Waals surface area contributed by atoms with Crippen LogP contribution in [0.2, 0.25) is 5.02 Å². The molecule has 0 unspecified atom stereocenters. The molecule has 0 bridgehead atoms. The number of carbonyl (C=O) groups is 3. The van der Waals surface area contributed by atoms with E-state index in [0.29, 0.717) is 10.7 Å². The molecule has 2 rings (SSSR count). The molecular weight excluding hydrogens is 404 g/mol. The Bertz CT molecular complexity index is 936. The molecule has 0 fully saturated rings. The van der Waals surface area contributed by atoms with Crippen LogP contribution in [0, 0.1) is 27.7 Å². The molecule has 4 N–H and O–H groups in total. The fourth-order valence-electron chi connectivity index (χ4n) is 3.03. The predicted octanol–water partition coefficient (Wildman–Crippen LogP) is 3.84. The van der Waals surface area contributed by atoms with Gasteiger partial charge in [-0.15, -0.1) is 0 Å². The van der Waals surface area contributed by atoms with Gasteiger partial charge in [-0.3, -0.25) is 9.59 Å². The van der Waals surface area contributed by atoms with Gasteiger partial charge >= 0.3 is 6.03 Å². The van der Waals surface area contributed by atoms with Gasteiger partial charge in [0.05, 0.1) is 6.54 Å². The van der Waals surface area contributed by atoms with E-state index in [9.17, 15) is 14.4 Å². The number of nitrogens with one attached hydrogen (secondary N) is 4. The molecular formula is C22H27ClN4O3. The molecule has 160 valence electrons. The summed E-state index contributed by atoms with van der Waals surface area (Å²) in [6, 6.07) is 8.71. The number of anilines is 2.